The van der Waals surface area contributed by atoms with Gasteiger partial charge in [-0.2, -0.15) is 0 Å². The van der Waals surface area contributed by atoms with Gasteiger partial charge in [-0.15, -0.1) is 0 Å². The van der Waals surface area contributed by atoms with Crippen molar-refractivity contribution in [2.24, 2.45) is 0 Å². The largest absolute Gasteiger partial charge is 0.399 e. The standard InChI is InChI=1S/C15H21Cl2N3O/c1-20(11-4-2-3-5-11)7-6-14(21)19-15-12(16)8-10(18)9-13(15)17/h8-9,11H,2-7,18H2,1H3,(H,19,21). The van der Waals surface area contributed by atoms with Gasteiger partial charge in [0.15, 0.2) is 0 Å². The van der Waals surface area contributed by atoms with Crippen LogP contribution in [0.15, 0.2) is 12.1 Å². The predicted octanol–water partition coefficient (Wildman–Crippen LogP) is 3.78. The number of rotatable bonds is 5. The van der Waals surface area contributed by atoms with E-state index in [1.54, 1.807) is 12.1 Å². The van der Waals surface area contributed by atoms with E-state index < -0.39 is 0 Å². The number of nitrogen functional groups attached to an aromatic ring is 1. The fraction of sp³-hybridized carbons (Fsp3) is 0.533. The maximum atomic E-state index is 12.0. The van der Waals surface area contributed by atoms with E-state index in [4.69, 9.17) is 28.9 Å². The molecule has 0 saturated heterocycles. The number of anilines is 2. The molecule has 0 aliphatic heterocycles. The fourth-order valence-corrected chi connectivity index (χ4v) is 3.32. The first-order valence-corrected chi connectivity index (χ1v) is 7.97. The molecule has 6 heteroatoms. The highest BCUT2D eigenvalue weighted by molar-refractivity contribution is 6.40. The number of hydrogen-bond donors (Lipinski definition) is 2. The summed E-state index contributed by atoms with van der Waals surface area (Å²) in [7, 11) is 2.08. The van der Waals surface area contributed by atoms with Crippen molar-refractivity contribution < 1.29 is 4.79 Å². The zero-order chi connectivity index (χ0) is 15.4. The Morgan fingerprint density at radius 2 is 1.90 bits per heavy atom. The molecular formula is C15H21Cl2N3O. The van der Waals surface area contributed by atoms with Crippen molar-refractivity contribution >= 4 is 40.5 Å². The van der Waals surface area contributed by atoms with Crippen molar-refractivity contribution in [1.82, 2.24) is 4.90 Å². The van der Waals surface area contributed by atoms with Crippen molar-refractivity contribution in [3.8, 4) is 0 Å². The van der Waals surface area contributed by atoms with Gasteiger partial charge in [-0.05, 0) is 32.0 Å². The lowest BCUT2D eigenvalue weighted by Gasteiger charge is -2.23. The highest BCUT2D eigenvalue weighted by Crippen LogP contribution is 2.32. The van der Waals surface area contributed by atoms with Crippen LogP contribution in [-0.4, -0.2) is 30.4 Å². The first-order valence-electron chi connectivity index (χ1n) is 7.22. The average molecular weight is 330 g/mol. The summed E-state index contributed by atoms with van der Waals surface area (Å²) in [6.45, 7) is 0.737. The summed E-state index contributed by atoms with van der Waals surface area (Å²) in [6.07, 6.45) is 5.46. The summed E-state index contributed by atoms with van der Waals surface area (Å²) in [5, 5.41) is 3.48. The average Bonchev–Trinajstić information content (AvgIpc) is 2.94. The molecule has 3 N–H and O–H groups in total. The van der Waals surface area contributed by atoms with Crippen molar-refractivity contribution in [1.29, 1.82) is 0 Å². The molecule has 1 aliphatic rings. The second-order valence-corrected chi connectivity index (χ2v) is 6.39. The van der Waals surface area contributed by atoms with Crippen molar-refractivity contribution in [2.75, 3.05) is 24.6 Å². The molecule has 0 unspecified atom stereocenters. The minimum atomic E-state index is -0.0894. The Morgan fingerprint density at radius 1 is 1.33 bits per heavy atom. The summed E-state index contributed by atoms with van der Waals surface area (Å²) >= 11 is 12.1. The first-order chi connectivity index (χ1) is 9.97. The third kappa shape index (κ3) is 4.50. The third-order valence-corrected chi connectivity index (χ3v) is 4.56. The maximum Gasteiger partial charge on any atom is 0.225 e. The zero-order valence-electron chi connectivity index (χ0n) is 12.2. The lowest BCUT2D eigenvalue weighted by Crippen LogP contribution is -2.32. The van der Waals surface area contributed by atoms with Crippen LogP contribution in [0.2, 0.25) is 10.0 Å². The number of nitrogens with one attached hydrogen (secondary N) is 1. The highest BCUT2D eigenvalue weighted by Gasteiger charge is 2.20. The molecule has 1 aliphatic carbocycles. The second-order valence-electron chi connectivity index (χ2n) is 5.58. The molecule has 1 aromatic rings. The van der Waals surface area contributed by atoms with Crippen molar-refractivity contribution in [2.45, 2.75) is 38.1 Å². The Hall–Kier alpha value is -0.970. The Balaban J connectivity index is 1.87. The van der Waals surface area contributed by atoms with E-state index in [2.05, 4.69) is 17.3 Å². The lowest BCUT2D eigenvalue weighted by molar-refractivity contribution is -0.116. The first kappa shape index (κ1) is 16.4. The molecule has 1 fully saturated rings. The van der Waals surface area contributed by atoms with E-state index in [1.165, 1.54) is 25.7 Å². The van der Waals surface area contributed by atoms with Gasteiger partial charge in [0.25, 0.3) is 0 Å². The number of amides is 1. The summed E-state index contributed by atoms with van der Waals surface area (Å²) in [6, 6.07) is 3.77. The topological polar surface area (TPSA) is 58.4 Å². The maximum absolute atomic E-state index is 12.0. The Bertz CT molecular complexity index is 493. The van der Waals surface area contributed by atoms with Crippen molar-refractivity contribution in [3.05, 3.63) is 22.2 Å². The van der Waals surface area contributed by atoms with E-state index in [9.17, 15) is 4.79 Å². The van der Waals surface area contributed by atoms with Gasteiger partial charge in [0.2, 0.25) is 5.91 Å². The van der Waals surface area contributed by atoms with E-state index in [1.807, 2.05) is 0 Å². The summed E-state index contributed by atoms with van der Waals surface area (Å²) in [4.78, 5) is 14.3. The van der Waals surface area contributed by atoms with Crippen LogP contribution in [0, 0.1) is 0 Å². The summed E-state index contributed by atoms with van der Waals surface area (Å²) in [5.74, 6) is -0.0894. The van der Waals surface area contributed by atoms with E-state index in [0.29, 0.717) is 33.9 Å². The SMILES string of the molecule is CN(CCC(=O)Nc1c(Cl)cc(N)cc1Cl)C1CCCC1. The molecular weight excluding hydrogens is 309 g/mol. The van der Waals surface area contributed by atoms with Crippen LogP contribution >= 0.6 is 23.2 Å². The van der Waals surface area contributed by atoms with Crippen LogP contribution in [-0.2, 0) is 4.79 Å². The van der Waals surface area contributed by atoms with Crippen LogP contribution < -0.4 is 11.1 Å². The Morgan fingerprint density at radius 3 is 2.48 bits per heavy atom. The molecule has 1 amide bonds. The Kier molecular flexibility index (Phi) is 5.73. The number of carbonyl (C=O) groups is 1. The van der Waals surface area contributed by atoms with Gasteiger partial charge in [0.05, 0.1) is 15.7 Å². The molecule has 21 heavy (non-hydrogen) atoms. The molecule has 116 valence electrons. The van der Waals surface area contributed by atoms with Gasteiger partial charge in [-0.1, -0.05) is 36.0 Å². The van der Waals surface area contributed by atoms with Crippen LogP contribution in [0.4, 0.5) is 11.4 Å². The monoisotopic (exact) mass is 329 g/mol. The Labute approximate surface area is 135 Å². The predicted molar refractivity (Wildman–Crippen MR) is 89.0 cm³/mol. The summed E-state index contributed by atoms with van der Waals surface area (Å²) in [5.41, 5.74) is 6.55. The molecule has 4 nitrogen and oxygen atoms in total. The number of nitrogens with two attached hydrogens (primary N) is 1. The van der Waals surface area contributed by atoms with Gasteiger partial charge in [-0.25, -0.2) is 0 Å². The molecule has 0 aromatic heterocycles. The molecule has 2 rings (SSSR count). The highest BCUT2D eigenvalue weighted by atomic mass is 35.5. The fourth-order valence-electron chi connectivity index (χ4n) is 2.72. The minimum Gasteiger partial charge on any atom is -0.399 e. The number of nitrogens with zero attached hydrogens (tertiary/aromatic N) is 1. The molecule has 1 aromatic carbocycles. The molecule has 0 heterocycles. The summed E-state index contributed by atoms with van der Waals surface area (Å²) < 4.78 is 0. The van der Waals surface area contributed by atoms with Gasteiger partial charge in [0.1, 0.15) is 0 Å². The number of halogens is 2. The quantitative estimate of drug-likeness (QED) is 0.808. The third-order valence-electron chi connectivity index (χ3n) is 3.97. The second kappa shape index (κ2) is 7.34. The molecule has 0 spiro atoms. The van der Waals surface area contributed by atoms with Gasteiger partial charge >= 0.3 is 0 Å². The number of carbonyl (C=O) groups excluding carboxylic acids is 1. The molecule has 1 saturated carbocycles. The van der Waals surface area contributed by atoms with Gasteiger partial charge in [0, 0.05) is 24.7 Å². The minimum absolute atomic E-state index is 0.0894. The van der Waals surface area contributed by atoms with Crippen molar-refractivity contribution in [3.63, 3.8) is 0 Å². The van der Waals surface area contributed by atoms with E-state index >= 15 is 0 Å². The zero-order valence-corrected chi connectivity index (χ0v) is 13.7. The lowest BCUT2D eigenvalue weighted by atomic mass is 10.2. The van der Waals surface area contributed by atoms with Gasteiger partial charge < -0.3 is 16.0 Å². The number of benzene rings is 1. The van der Waals surface area contributed by atoms with E-state index in [-0.39, 0.29) is 5.91 Å². The van der Waals surface area contributed by atoms with Crippen LogP contribution in [0.1, 0.15) is 32.1 Å². The smallest absolute Gasteiger partial charge is 0.225 e. The normalized spacial score (nSPS) is 15.6. The van der Waals surface area contributed by atoms with Crippen LogP contribution in [0.5, 0.6) is 0 Å². The van der Waals surface area contributed by atoms with Gasteiger partial charge in [-0.3, -0.25) is 4.79 Å². The van der Waals surface area contributed by atoms with Crippen LogP contribution in [0.3, 0.4) is 0 Å². The molecule has 0 bridgehead atoms. The molecule has 0 atom stereocenters. The molecule has 0 radical (unpaired) electrons. The van der Waals surface area contributed by atoms with E-state index in [0.717, 1.165) is 6.54 Å². The van der Waals surface area contributed by atoms with Crippen LogP contribution in [0.25, 0.3) is 0 Å². The number of hydrogen-bond acceptors (Lipinski definition) is 3.